The maximum absolute atomic E-state index is 13.0. The van der Waals surface area contributed by atoms with Gasteiger partial charge in [-0.2, -0.15) is 13.2 Å². The standard InChI is InChI=1S/C13H14F3N5O2S/c1-24(22,23)19-7-6-18-11-8-10(13(14,15)16)20-12(21-11)9-2-4-17-5-3-9/h2-5,8,19H,6-7H2,1H3,(H,18,20,21). The first-order chi connectivity index (χ1) is 11.1. The summed E-state index contributed by atoms with van der Waals surface area (Å²) in [5, 5.41) is 2.65. The third-order valence-corrected chi connectivity index (χ3v) is 3.48. The van der Waals surface area contributed by atoms with E-state index in [0.717, 1.165) is 12.3 Å². The van der Waals surface area contributed by atoms with Crippen LogP contribution < -0.4 is 10.0 Å². The Morgan fingerprint density at radius 3 is 2.38 bits per heavy atom. The van der Waals surface area contributed by atoms with Gasteiger partial charge in [0.1, 0.15) is 5.82 Å². The maximum atomic E-state index is 13.0. The van der Waals surface area contributed by atoms with Crippen molar-refractivity contribution in [2.45, 2.75) is 6.18 Å². The van der Waals surface area contributed by atoms with E-state index in [0.29, 0.717) is 5.56 Å². The van der Waals surface area contributed by atoms with Gasteiger partial charge in [-0.05, 0) is 12.1 Å². The molecule has 130 valence electrons. The molecule has 24 heavy (non-hydrogen) atoms. The molecule has 0 bridgehead atoms. The van der Waals surface area contributed by atoms with Crippen molar-refractivity contribution in [3.8, 4) is 11.4 Å². The normalized spacial score (nSPS) is 12.2. The largest absolute Gasteiger partial charge is 0.433 e. The summed E-state index contributed by atoms with van der Waals surface area (Å²) in [6, 6.07) is 3.75. The molecule has 0 spiro atoms. The summed E-state index contributed by atoms with van der Waals surface area (Å²) in [6.07, 6.45) is -0.808. The van der Waals surface area contributed by atoms with Crippen LogP contribution in [0.4, 0.5) is 19.0 Å². The predicted octanol–water partition coefficient (Wildman–Crippen LogP) is 1.52. The van der Waals surface area contributed by atoms with Crippen LogP contribution in [0.2, 0.25) is 0 Å². The molecule has 0 fully saturated rings. The first-order valence-corrected chi connectivity index (χ1v) is 8.59. The number of alkyl halides is 3. The van der Waals surface area contributed by atoms with Gasteiger partial charge in [-0.25, -0.2) is 23.1 Å². The van der Waals surface area contributed by atoms with E-state index >= 15 is 0 Å². The van der Waals surface area contributed by atoms with Crippen molar-refractivity contribution >= 4 is 15.8 Å². The number of halogens is 3. The number of nitrogens with one attached hydrogen (secondary N) is 2. The van der Waals surface area contributed by atoms with Gasteiger partial charge in [-0.15, -0.1) is 0 Å². The molecule has 2 aromatic rings. The van der Waals surface area contributed by atoms with Crippen LogP contribution in [0.15, 0.2) is 30.6 Å². The Morgan fingerprint density at radius 2 is 1.79 bits per heavy atom. The minimum absolute atomic E-state index is 0.00871. The summed E-state index contributed by atoms with van der Waals surface area (Å²) in [7, 11) is -3.37. The summed E-state index contributed by atoms with van der Waals surface area (Å²) in [5.74, 6) is -0.162. The molecule has 2 N–H and O–H groups in total. The minimum Gasteiger partial charge on any atom is -0.369 e. The second-order valence-electron chi connectivity index (χ2n) is 4.79. The zero-order chi connectivity index (χ0) is 17.8. The van der Waals surface area contributed by atoms with Crippen molar-refractivity contribution in [3.63, 3.8) is 0 Å². The molecule has 0 unspecified atom stereocenters. The highest BCUT2D eigenvalue weighted by molar-refractivity contribution is 7.88. The van der Waals surface area contributed by atoms with E-state index in [1.807, 2.05) is 0 Å². The fourth-order valence-corrected chi connectivity index (χ4v) is 2.21. The lowest BCUT2D eigenvalue weighted by atomic mass is 10.2. The number of pyridine rings is 1. The molecular weight excluding hydrogens is 347 g/mol. The highest BCUT2D eigenvalue weighted by Crippen LogP contribution is 2.30. The van der Waals surface area contributed by atoms with Crippen LogP contribution in [0.5, 0.6) is 0 Å². The summed E-state index contributed by atoms with van der Waals surface area (Å²) in [4.78, 5) is 11.3. The molecule has 0 aliphatic heterocycles. The predicted molar refractivity (Wildman–Crippen MR) is 81.6 cm³/mol. The molecule has 0 aliphatic carbocycles. The fourth-order valence-electron chi connectivity index (χ4n) is 1.74. The van der Waals surface area contributed by atoms with E-state index in [4.69, 9.17) is 0 Å². The Morgan fingerprint density at radius 1 is 1.12 bits per heavy atom. The molecular formula is C13H14F3N5O2S. The molecule has 0 atom stereocenters. The van der Waals surface area contributed by atoms with Gasteiger partial charge in [0.05, 0.1) is 6.26 Å². The third kappa shape index (κ3) is 5.42. The Hall–Kier alpha value is -2.27. The highest BCUT2D eigenvalue weighted by Gasteiger charge is 2.33. The molecule has 2 heterocycles. The average molecular weight is 361 g/mol. The van der Waals surface area contributed by atoms with Crippen molar-refractivity contribution in [2.24, 2.45) is 0 Å². The molecule has 2 aromatic heterocycles. The van der Waals surface area contributed by atoms with Crippen LogP contribution in [0, 0.1) is 0 Å². The van der Waals surface area contributed by atoms with E-state index in [9.17, 15) is 21.6 Å². The lowest BCUT2D eigenvalue weighted by Gasteiger charge is -2.12. The highest BCUT2D eigenvalue weighted by atomic mass is 32.2. The number of nitrogens with zero attached hydrogens (tertiary/aromatic N) is 3. The second kappa shape index (κ2) is 7.09. The van der Waals surface area contributed by atoms with Gasteiger partial charge >= 0.3 is 6.18 Å². The Bertz CT molecular complexity index is 797. The monoisotopic (exact) mass is 361 g/mol. The Kier molecular flexibility index (Phi) is 5.34. The molecule has 0 saturated carbocycles. The molecule has 2 rings (SSSR count). The number of rotatable bonds is 6. The fraction of sp³-hybridized carbons (Fsp3) is 0.308. The van der Waals surface area contributed by atoms with E-state index in [1.54, 1.807) is 0 Å². The van der Waals surface area contributed by atoms with Crippen molar-refractivity contribution in [1.82, 2.24) is 19.7 Å². The molecule has 11 heteroatoms. The number of anilines is 1. The van der Waals surface area contributed by atoms with E-state index in [-0.39, 0.29) is 24.7 Å². The SMILES string of the molecule is CS(=O)(=O)NCCNc1cc(C(F)(F)F)nc(-c2ccncc2)n1. The van der Waals surface area contributed by atoms with Gasteiger partial charge in [-0.3, -0.25) is 4.98 Å². The summed E-state index contributed by atoms with van der Waals surface area (Å²) >= 11 is 0. The maximum Gasteiger partial charge on any atom is 0.433 e. The van der Waals surface area contributed by atoms with Crippen LogP contribution in [0.1, 0.15) is 5.69 Å². The van der Waals surface area contributed by atoms with Gasteiger partial charge in [0, 0.05) is 37.1 Å². The van der Waals surface area contributed by atoms with Gasteiger partial charge in [0.25, 0.3) is 0 Å². The number of hydrogen-bond acceptors (Lipinski definition) is 6. The van der Waals surface area contributed by atoms with Crippen LogP contribution in [-0.2, 0) is 16.2 Å². The summed E-state index contributed by atoms with van der Waals surface area (Å²) < 4.78 is 63.1. The quantitative estimate of drug-likeness (QED) is 0.757. The first kappa shape index (κ1) is 18.1. The lowest BCUT2D eigenvalue weighted by Crippen LogP contribution is -2.28. The molecule has 7 nitrogen and oxygen atoms in total. The zero-order valence-corrected chi connectivity index (χ0v) is 13.3. The molecule has 0 aliphatic rings. The molecule has 0 aromatic carbocycles. The third-order valence-electron chi connectivity index (χ3n) is 2.75. The first-order valence-electron chi connectivity index (χ1n) is 6.70. The lowest BCUT2D eigenvalue weighted by molar-refractivity contribution is -0.141. The van der Waals surface area contributed by atoms with Crippen LogP contribution >= 0.6 is 0 Å². The minimum atomic E-state index is -4.63. The topological polar surface area (TPSA) is 96.9 Å². The number of hydrogen-bond donors (Lipinski definition) is 2. The summed E-state index contributed by atoms with van der Waals surface area (Å²) in [5.41, 5.74) is -0.712. The van der Waals surface area contributed by atoms with Gasteiger partial charge in [0.15, 0.2) is 11.5 Å². The van der Waals surface area contributed by atoms with Crippen molar-refractivity contribution < 1.29 is 21.6 Å². The number of sulfonamides is 1. The van der Waals surface area contributed by atoms with E-state index < -0.39 is 21.9 Å². The average Bonchev–Trinajstić information content (AvgIpc) is 2.50. The molecule has 0 saturated heterocycles. The molecule has 0 radical (unpaired) electrons. The van der Waals surface area contributed by atoms with Crippen molar-refractivity contribution in [3.05, 3.63) is 36.3 Å². The van der Waals surface area contributed by atoms with E-state index in [1.165, 1.54) is 24.5 Å². The van der Waals surface area contributed by atoms with Crippen molar-refractivity contribution in [1.29, 1.82) is 0 Å². The number of aromatic nitrogens is 3. The van der Waals surface area contributed by atoms with Crippen molar-refractivity contribution in [2.75, 3.05) is 24.7 Å². The van der Waals surface area contributed by atoms with Crippen LogP contribution in [0.25, 0.3) is 11.4 Å². The van der Waals surface area contributed by atoms with Crippen LogP contribution in [0.3, 0.4) is 0 Å². The van der Waals surface area contributed by atoms with Gasteiger partial charge < -0.3 is 5.32 Å². The van der Waals surface area contributed by atoms with Crippen LogP contribution in [-0.4, -0.2) is 42.7 Å². The van der Waals surface area contributed by atoms with E-state index in [2.05, 4.69) is 25.0 Å². The van der Waals surface area contributed by atoms with Gasteiger partial charge in [-0.1, -0.05) is 0 Å². The Balaban J connectivity index is 2.24. The smallest absolute Gasteiger partial charge is 0.369 e. The molecule has 0 amide bonds. The second-order valence-corrected chi connectivity index (χ2v) is 6.62. The zero-order valence-electron chi connectivity index (χ0n) is 12.5. The van der Waals surface area contributed by atoms with Gasteiger partial charge in [0.2, 0.25) is 10.0 Å². The summed E-state index contributed by atoms with van der Waals surface area (Å²) in [6.45, 7) is 0.0753. The Labute approximate surface area is 136 Å².